The molecule has 0 radical (unpaired) electrons. The van der Waals surface area contributed by atoms with Crippen molar-refractivity contribution in [3.8, 4) is 11.3 Å². The van der Waals surface area contributed by atoms with E-state index in [1.54, 1.807) is 7.05 Å². The van der Waals surface area contributed by atoms with Gasteiger partial charge < -0.3 is 9.32 Å². The molecule has 2 aromatic rings. The van der Waals surface area contributed by atoms with Gasteiger partial charge in [0.1, 0.15) is 11.5 Å². The zero-order valence-electron chi connectivity index (χ0n) is 15.8. The predicted octanol–water partition coefficient (Wildman–Crippen LogP) is 2.76. The number of rotatable bonds is 6. The topological polar surface area (TPSA) is 70.8 Å². The lowest BCUT2D eigenvalue weighted by Crippen LogP contribution is -2.47. The maximum absolute atomic E-state index is 12.5. The number of hydrogen-bond donors (Lipinski definition) is 0. The zero-order chi connectivity index (χ0) is 19.4. The number of carbonyl (C=O) groups excluding carboxylic acids is 1. The molecule has 3 rings (SSSR count). The van der Waals surface area contributed by atoms with Crippen LogP contribution in [0.5, 0.6) is 0 Å². The molecule has 0 N–H and O–H groups in total. The molecule has 27 heavy (non-hydrogen) atoms. The van der Waals surface area contributed by atoms with E-state index >= 15 is 0 Å². The Morgan fingerprint density at radius 3 is 2.44 bits per heavy atom. The maximum Gasteiger partial charge on any atom is 0.223 e. The number of benzene rings is 1. The van der Waals surface area contributed by atoms with Crippen molar-refractivity contribution < 1.29 is 17.6 Å². The Morgan fingerprint density at radius 2 is 1.81 bits per heavy atom. The minimum Gasteiger partial charge on any atom is -0.461 e. The Morgan fingerprint density at radius 1 is 1.15 bits per heavy atom. The van der Waals surface area contributed by atoms with Gasteiger partial charge in [-0.1, -0.05) is 30.3 Å². The molecular weight excluding hydrogens is 364 g/mol. The van der Waals surface area contributed by atoms with Gasteiger partial charge in [0.05, 0.1) is 6.26 Å². The van der Waals surface area contributed by atoms with Crippen LogP contribution < -0.4 is 0 Å². The van der Waals surface area contributed by atoms with E-state index < -0.39 is 10.0 Å². The van der Waals surface area contributed by atoms with E-state index in [1.165, 1.54) is 10.6 Å². The zero-order valence-corrected chi connectivity index (χ0v) is 16.6. The fourth-order valence-electron chi connectivity index (χ4n) is 3.41. The van der Waals surface area contributed by atoms with Gasteiger partial charge in [-0.25, -0.2) is 12.7 Å². The minimum atomic E-state index is -3.19. The average molecular weight is 391 g/mol. The quantitative estimate of drug-likeness (QED) is 0.760. The first-order valence-corrected chi connectivity index (χ1v) is 11.0. The Hall–Kier alpha value is -2.12. The molecule has 146 valence electrons. The summed E-state index contributed by atoms with van der Waals surface area (Å²) in [6, 6.07) is 13.7. The van der Waals surface area contributed by atoms with E-state index in [0.29, 0.717) is 38.8 Å². The van der Waals surface area contributed by atoms with E-state index in [4.69, 9.17) is 4.42 Å². The lowest BCUT2D eigenvalue weighted by atomic mass is 10.0. The summed E-state index contributed by atoms with van der Waals surface area (Å²) < 4.78 is 30.6. The van der Waals surface area contributed by atoms with Crippen molar-refractivity contribution in [1.29, 1.82) is 0 Å². The Bertz CT molecular complexity index is 868. The van der Waals surface area contributed by atoms with Gasteiger partial charge in [0.15, 0.2) is 0 Å². The number of amides is 1. The second-order valence-electron chi connectivity index (χ2n) is 7.02. The first-order valence-electron chi connectivity index (χ1n) is 9.19. The summed E-state index contributed by atoms with van der Waals surface area (Å²) >= 11 is 0. The fourth-order valence-corrected chi connectivity index (χ4v) is 4.16. The third-order valence-electron chi connectivity index (χ3n) is 5.16. The summed E-state index contributed by atoms with van der Waals surface area (Å²) in [6.45, 7) is 1.19. The van der Waals surface area contributed by atoms with Crippen molar-refractivity contribution in [2.45, 2.75) is 31.7 Å². The maximum atomic E-state index is 12.5. The van der Waals surface area contributed by atoms with Crippen molar-refractivity contribution in [2.24, 2.45) is 0 Å². The van der Waals surface area contributed by atoms with Crippen LogP contribution in [0.1, 0.15) is 25.0 Å². The smallest absolute Gasteiger partial charge is 0.223 e. The molecule has 1 aliphatic rings. The third kappa shape index (κ3) is 4.99. The van der Waals surface area contributed by atoms with Crippen LogP contribution in [-0.4, -0.2) is 56.0 Å². The van der Waals surface area contributed by atoms with E-state index in [1.807, 2.05) is 47.4 Å². The van der Waals surface area contributed by atoms with Crippen LogP contribution in [0.3, 0.4) is 0 Å². The summed E-state index contributed by atoms with van der Waals surface area (Å²) in [6.07, 6.45) is 3.53. The van der Waals surface area contributed by atoms with Gasteiger partial charge in [0.2, 0.25) is 15.9 Å². The van der Waals surface area contributed by atoms with Crippen molar-refractivity contribution in [1.82, 2.24) is 9.21 Å². The molecule has 1 aromatic carbocycles. The number of carbonyl (C=O) groups is 1. The number of hydrogen-bond acceptors (Lipinski definition) is 4. The van der Waals surface area contributed by atoms with Crippen LogP contribution >= 0.6 is 0 Å². The molecule has 0 aliphatic carbocycles. The molecule has 1 aliphatic heterocycles. The molecule has 0 atom stereocenters. The molecule has 7 heteroatoms. The highest BCUT2D eigenvalue weighted by Gasteiger charge is 2.28. The van der Waals surface area contributed by atoms with Gasteiger partial charge in [-0.3, -0.25) is 4.79 Å². The number of piperidine rings is 1. The van der Waals surface area contributed by atoms with E-state index in [9.17, 15) is 13.2 Å². The van der Waals surface area contributed by atoms with Crippen LogP contribution in [0, 0.1) is 0 Å². The second kappa shape index (κ2) is 8.27. The van der Waals surface area contributed by atoms with E-state index in [0.717, 1.165) is 17.1 Å². The van der Waals surface area contributed by atoms with Crippen LogP contribution in [0.4, 0.5) is 0 Å². The fraction of sp³-hybridized carbons (Fsp3) is 0.450. The Labute approximate surface area is 160 Å². The molecule has 1 amide bonds. The predicted molar refractivity (Wildman–Crippen MR) is 105 cm³/mol. The SMILES string of the molecule is CN(C1CCN(C(=O)CCc2ccc(-c3ccccc3)o2)CC1)S(C)(=O)=O. The number of nitrogens with zero attached hydrogens (tertiary/aromatic N) is 2. The molecule has 0 unspecified atom stereocenters. The summed E-state index contributed by atoms with van der Waals surface area (Å²) in [5.41, 5.74) is 1.02. The van der Waals surface area contributed by atoms with Gasteiger partial charge in [0.25, 0.3) is 0 Å². The second-order valence-corrected chi connectivity index (χ2v) is 9.07. The standard InChI is InChI=1S/C20H26N2O4S/c1-21(27(2,24)25)17-12-14-22(15-13-17)20(23)11-9-18-8-10-19(26-18)16-6-4-3-5-7-16/h3-8,10,17H,9,11-15H2,1-2H3. The Kier molecular flexibility index (Phi) is 6.01. The highest BCUT2D eigenvalue weighted by atomic mass is 32.2. The minimum absolute atomic E-state index is 0.0254. The summed E-state index contributed by atoms with van der Waals surface area (Å²) in [5.74, 6) is 1.70. The van der Waals surface area contributed by atoms with Gasteiger partial charge in [-0.15, -0.1) is 0 Å². The monoisotopic (exact) mass is 390 g/mol. The average Bonchev–Trinajstić information content (AvgIpc) is 3.15. The molecule has 0 bridgehead atoms. The molecule has 1 saturated heterocycles. The van der Waals surface area contributed by atoms with E-state index in [2.05, 4.69) is 0 Å². The van der Waals surface area contributed by atoms with Crippen LogP contribution in [0.25, 0.3) is 11.3 Å². The van der Waals surface area contributed by atoms with Crippen molar-refractivity contribution >= 4 is 15.9 Å². The number of aryl methyl sites for hydroxylation is 1. The molecular formula is C20H26N2O4S. The lowest BCUT2D eigenvalue weighted by molar-refractivity contribution is -0.132. The third-order valence-corrected chi connectivity index (χ3v) is 6.50. The first-order chi connectivity index (χ1) is 12.8. The Balaban J connectivity index is 1.49. The number of furan rings is 1. The normalized spacial score (nSPS) is 16.0. The van der Waals surface area contributed by atoms with Crippen LogP contribution in [0.2, 0.25) is 0 Å². The number of sulfonamides is 1. The first kappa shape index (κ1) is 19.6. The highest BCUT2D eigenvalue weighted by molar-refractivity contribution is 7.88. The van der Waals surface area contributed by atoms with Crippen LogP contribution in [0.15, 0.2) is 46.9 Å². The van der Waals surface area contributed by atoms with Gasteiger partial charge in [-0.2, -0.15) is 0 Å². The van der Waals surface area contributed by atoms with Gasteiger partial charge in [-0.05, 0) is 25.0 Å². The highest BCUT2D eigenvalue weighted by Crippen LogP contribution is 2.23. The molecule has 1 aromatic heterocycles. The summed E-state index contributed by atoms with van der Waals surface area (Å²) in [5, 5.41) is 0. The lowest BCUT2D eigenvalue weighted by Gasteiger charge is -2.35. The van der Waals surface area contributed by atoms with E-state index in [-0.39, 0.29) is 11.9 Å². The molecule has 0 spiro atoms. The van der Waals surface area contributed by atoms with Crippen molar-refractivity contribution in [3.63, 3.8) is 0 Å². The molecule has 6 nitrogen and oxygen atoms in total. The number of likely N-dealkylation sites (tertiary alicyclic amines) is 1. The van der Waals surface area contributed by atoms with Crippen molar-refractivity contribution in [3.05, 3.63) is 48.2 Å². The molecule has 2 heterocycles. The summed E-state index contributed by atoms with van der Waals surface area (Å²) in [4.78, 5) is 14.3. The molecule has 1 fully saturated rings. The van der Waals surface area contributed by atoms with Gasteiger partial charge >= 0.3 is 0 Å². The van der Waals surface area contributed by atoms with Crippen molar-refractivity contribution in [2.75, 3.05) is 26.4 Å². The largest absolute Gasteiger partial charge is 0.461 e. The molecule has 0 saturated carbocycles. The van der Waals surface area contributed by atoms with Crippen LogP contribution in [-0.2, 0) is 21.2 Å². The summed E-state index contributed by atoms with van der Waals surface area (Å²) in [7, 11) is -1.58. The van der Waals surface area contributed by atoms with Gasteiger partial charge in [0, 0.05) is 44.6 Å².